The van der Waals surface area contributed by atoms with E-state index in [-0.39, 0.29) is 0 Å². The lowest BCUT2D eigenvalue weighted by molar-refractivity contribution is 0.620. The van der Waals surface area contributed by atoms with Crippen LogP contribution in [-0.4, -0.2) is 4.98 Å². The molecule has 0 aliphatic rings. The second-order valence-electron chi connectivity index (χ2n) is 12.8. The Morgan fingerprint density at radius 2 is 1.04 bits per heavy atom. The smallest absolute Gasteiger partial charge is 0.227 e. The number of anilines is 3. The highest BCUT2D eigenvalue weighted by molar-refractivity contribution is 7.25. The Hall–Kier alpha value is -6.49. The Morgan fingerprint density at radius 3 is 1.88 bits per heavy atom. The molecule has 0 unspecified atom stereocenters. The summed E-state index contributed by atoms with van der Waals surface area (Å²) in [6, 6.07) is 64.7. The zero-order valence-corrected chi connectivity index (χ0v) is 28.3. The van der Waals surface area contributed by atoms with Gasteiger partial charge < -0.3 is 9.32 Å². The third-order valence-electron chi connectivity index (χ3n) is 9.69. The normalized spacial score (nSPS) is 11.5. The van der Waals surface area contributed by atoms with Gasteiger partial charge in [-0.3, -0.25) is 0 Å². The van der Waals surface area contributed by atoms with Crippen molar-refractivity contribution in [3.05, 3.63) is 182 Å². The maximum Gasteiger partial charge on any atom is 0.227 e. The van der Waals surface area contributed by atoms with Crippen molar-refractivity contribution in [3.8, 4) is 33.7 Å². The van der Waals surface area contributed by atoms with Gasteiger partial charge in [-0.1, -0.05) is 115 Å². The van der Waals surface area contributed by atoms with Crippen molar-refractivity contribution in [3.63, 3.8) is 0 Å². The van der Waals surface area contributed by atoms with Crippen LogP contribution in [0.15, 0.2) is 186 Å². The van der Waals surface area contributed by atoms with Crippen LogP contribution in [0.5, 0.6) is 0 Å². The van der Waals surface area contributed by atoms with E-state index in [9.17, 15) is 0 Å². The summed E-state index contributed by atoms with van der Waals surface area (Å²) in [4.78, 5) is 7.25. The molecule has 0 bridgehead atoms. The predicted octanol–water partition coefficient (Wildman–Crippen LogP) is 13.8. The van der Waals surface area contributed by atoms with Crippen molar-refractivity contribution >= 4 is 70.4 Å². The van der Waals surface area contributed by atoms with Gasteiger partial charge >= 0.3 is 0 Å². The van der Waals surface area contributed by atoms with Crippen LogP contribution < -0.4 is 4.90 Å². The lowest BCUT2D eigenvalue weighted by Gasteiger charge is -2.26. The summed E-state index contributed by atoms with van der Waals surface area (Å²) >= 11 is 1.85. The van der Waals surface area contributed by atoms with Crippen LogP contribution in [0.1, 0.15) is 0 Å². The molecule has 240 valence electrons. The number of hydrogen-bond acceptors (Lipinski definition) is 4. The second-order valence-corrected chi connectivity index (χ2v) is 13.9. The zero-order chi connectivity index (χ0) is 33.7. The molecule has 0 saturated heterocycles. The minimum absolute atomic E-state index is 0.642. The molecular weight excluding hydrogens is 641 g/mol. The summed E-state index contributed by atoms with van der Waals surface area (Å²) in [6.07, 6.45) is 0. The first-order valence-electron chi connectivity index (χ1n) is 17.1. The topological polar surface area (TPSA) is 29.3 Å². The fraction of sp³-hybridized carbons (Fsp3) is 0. The van der Waals surface area contributed by atoms with Gasteiger partial charge in [-0.2, -0.15) is 0 Å². The minimum atomic E-state index is 0.642. The van der Waals surface area contributed by atoms with Crippen LogP contribution in [-0.2, 0) is 0 Å². The fourth-order valence-corrected chi connectivity index (χ4v) is 8.30. The molecule has 8 aromatic carbocycles. The van der Waals surface area contributed by atoms with Crippen LogP contribution in [0.2, 0.25) is 0 Å². The van der Waals surface area contributed by atoms with Crippen molar-refractivity contribution in [2.75, 3.05) is 4.90 Å². The Labute approximate surface area is 299 Å². The molecule has 10 aromatic rings. The van der Waals surface area contributed by atoms with Gasteiger partial charge in [0.25, 0.3) is 0 Å². The average Bonchev–Trinajstić information content (AvgIpc) is 3.81. The summed E-state index contributed by atoms with van der Waals surface area (Å²) in [5.41, 5.74) is 10.7. The molecule has 0 fully saturated rings. The molecule has 0 amide bonds. The molecule has 4 heteroatoms. The van der Waals surface area contributed by atoms with E-state index < -0.39 is 0 Å². The van der Waals surface area contributed by atoms with Gasteiger partial charge in [0, 0.05) is 48.2 Å². The monoisotopic (exact) mass is 670 g/mol. The molecule has 0 radical (unpaired) electrons. The van der Waals surface area contributed by atoms with E-state index in [0.29, 0.717) is 5.89 Å². The summed E-state index contributed by atoms with van der Waals surface area (Å²) in [5.74, 6) is 0.642. The van der Waals surface area contributed by atoms with E-state index in [2.05, 4.69) is 150 Å². The maximum atomic E-state index is 6.14. The number of nitrogens with zero attached hydrogens (tertiary/aromatic N) is 2. The third-order valence-corrected chi connectivity index (χ3v) is 10.8. The first kappa shape index (κ1) is 29.4. The van der Waals surface area contributed by atoms with Crippen molar-refractivity contribution in [2.24, 2.45) is 0 Å². The van der Waals surface area contributed by atoms with Gasteiger partial charge in [-0.05, 0) is 94.4 Å². The van der Waals surface area contributed by atoms with Crippen LogP contribution in [0.3, 0.4) is 0 Å². The quantitative estimate of drug-likeness (QED) is 0.176. The highest BCUT2D eigenvalue weighted by Crippen LogP contribution is 2.42. The molecule has 0 N–H and O–H groups in total. The third kappa shape index (κ3) is 5.25. The van der Waals surface area contributed by atoms with Crippen molar-refractivity contribution in [2.45, 2.75) is 0 Å². The lowest BCUT2D eigenvalue weighted by Crippen LogP contribution is -2.09. The molecule has 0 saturated carbocycles. The summed E-state index contributed by atoms with van der Waals surface area (Å²) < 4.78 is 8.73. The van der Waals surface area contributed by atoms with Crippen LogP contribution in [0, 0.1) is 0 Å². The minimum Gasteiger partial charge on any atom is -0.436 e. The standard InChI is InChI=1S/C47H30N2OS/c1-3-10-31(11-4-1)34-14-9-15-38(29-34)49(39-24-26-42-41-16-7-8-17-44(41)51-45(42)30-39)37-22-18-32(19-23-37)35-20-25-40-36(28-35)21-27-43-46(40)48-47(50-43)33-12-5-2-6-13-33/h1-30H. The molecule has 3 nitrogen and oxygen atoms in total. The summed E-state index contributed by atoms with van der Waals surface area (Å²) in [7, 11) is 0. The van der Waals surface area contributed by atoms with Crippen LogP contribution in [0.4, 0.5) is 17.1 Å². The van der Waals surface area contributed by atoms with E-state index in [0.717, 1.165) is 55.6 Å². The van der Waals surface area contributed by atoms with E-state index >= 15 is 0 Å². The van der Waals surface area contributed by atoms with Crippen molar-refractivity contribution in [1.82, 2.24) is 4.98 Å². The molecule has 2 heterocycles. The largest absolute Gasteiger partial charge is 0.436 e. The summed E-state index contributed by atoms with van der Waals surface area (Å²) in [6.45, 7) is 0. The molecule has 0 spiro atoms. The molecule has 2 aromatic heterocycles. The number of fused-ring (bicyclic) bond motifs is 6. The summed E-state index contributed by atoms with van der Waals surface area (Å²) in [5, 5.41) is 4.82. The van der Waals surface area contributed by atoms with Gasteiger partial charge in [0.2, 0.25) is 5.89 Å². The fourth-order valence-electron chi connectivity index (χ4n) is 7.16. The van der Waals surface area contributed by atoms with Gasteiger partial charge in [0.05, 0.1) is 0 Å². The number of benzene rings is 8. The zero-order valence-electron chi connectivity index (χ0n) is 27.5. The maximum absolute atomic E-state index is 6.14. The van der Waals surface area contributed by atoms with Crippen LogP contribution >= 0.6 is 11.3 Å². The molecular formula is C47H30N2OS. The lowest BCUT2D eigenvalue weighted by atomic mass is 10.00. The van der Waals surface area contributed by atoms with E-state index in [4.69, 9.17) is 9.40 Å². The van der Waals surface area contributed by atoms with E-state index in [1.165, 1.54) is 31.3 Å². The molecule has 0 aliphatic heterocycles. The van der Waals surface area contributed by atoms with Crippen molar-refractivity contribution in [1.29, 1.82) is 0 Å². The molecule has 10 rings (SSSR count). The second kappa shape index (κ2) is 12.1. The number of thiophene rings is 1. The van der Waals surface area contributed by atoms with Crippen LogP contribution in [0.25, 0.3) is 75.8 Å². The SMILES string of the molecule is c1ccc(-c2cccc(N(c3ccc(-c4ccc5c(ccc6oc(-c7ccccc7)nc65)c4)cc3)c3ccc4c(c3)sc3ccccc34)c2)cc1. The van der Waals surface area contributed by atoms with Gasteiger partial charge in [-0.15, -0.1) is 11.3 Å². The highest BCUT2D eigenvalue weighted by atomic mass is 32.1. The Morgan fingerprint density at radius 1 is 0.412 bits per heavy atom. The van der Waals surface area contributed by atoms with Gasteiger partial charge in [0.1, 0.15) is 5.52 Å². The molecule has 0 atom stereocenters. The Kier molecular flexibility index (Phi) is 7.00. The first-order valence-corrected chi connectivity index (χ1v) is 17.9. The highest BCUT2D eigenvalue weighted by Gasteiger charge is 2.17. The Bertz CT molecular complexity index is 2850. The predicted molar refractivity (Wildman–Crippen MR) is 215 cm³/mol. The number of rotatable bonds is 6. The number of hydrogen-bond donors (Lipinski definition) is 0. The van der Waals surface area contributed by atoms with E-state index in [1.54, 1.807) is 0 Å². The van der Waals surface area contributed by atoms with Gasteiger partial charge in [-0.25, -0.2) is 4.98 Å². The first-order chi connectivity index (χ1) is 25.2. The van der Waals surface area contributed by atoms with Gasteiger partial charge in [0.15, 0.2) is 5.58 Å². The number of aromatic nitrogens is 1. The molecule has 0 aliphatic carbocycles. The van der Waals surface area contributed by atoms with E-state index in [1.807, 2.05) is 47.7 Å². The van der Waals surface area contributed by atoms with Crippen molar-refractivity contribution < 1.29 is 4.42 Å². The Balaban J connectivity index is 1.05. The average molecular weight is 671 g/mol. The number of oxazole rings is 1. The molecule has 51 heavy (non-hydrogen) atoms.